The first kappa shape index (κ1) is 8.58. The molecular formula is C12H11Cl. The van der Waals surface area contributed by atoms with E-state index < -0.39 is 4.87 Å². The lowest BCUT2D eigenvalue weighted by atomic mass is 9.99. The summed E-state index contributed by atoms with van der Waals surface area (Å²) >= 11 is 6.37. The first-order valence-corrected chi connectivity index (χ1v) is 4.72. The maximum absolute atomic E-state index is 6.37. The highest BCUT2D eigenvalue weighted by atomic mass is 35.5. The molecule has 2 rings (SSSR count). The second-order valence-electron chi connectivity index (χ2n) is 3.35. The molecule has 1 aromatic carbocycles. The Labute approximate surface area is 83.5 Å². The van der Waals surface area contributed by atoms with E-state index in [9.17, 15) is 0 Å². The van der Waals surface area contributed by atoms with Crippen LogP contribution in [-0.4, -0.2) is 0 Å². The van der Waals surface area contributed by atoms with Crippen molar-refractivity contribution in [2.75, 3.05) is 0 Å². The van der Waals surface area contributed by atoms with E-state index in [0.29, 0.717) is 0 Å². The molecule has 0 bridgehead atoms. The van der Waals surface area contributed by atoms with Crippen LogP contribution in [0.4, 0.5) is 0 Å². The third-order valence-electron chi connectivity index (χ3n) is 2.28. The van der Waals surface area contributed by atoms with Gasteiger partial charge in [-0.3, -0.25) is 0 Å². The van der Waals surface area contributed by atoms with Crippen molar-refractivity contribution in [3.05, 3.63) is 59.7 Å². The van der Waals surface area contributed by atoms with Gasteiger partial charge in [-0.25, -0.2) is 0 Å². The predicted octanol–water partition coefficient (Wildman–Crippen LogP) is 3.56. The van der Waals surface area contributed by atoms with Crippen molar-refractivity contribution in [2.45, 2.75) is 11.8 Å². The smallest absolute Gasteiger partial charge is 0.105 e. The fraction of sp³-hybridized carbons (Fsp3) is 0.167. The van der Waals surface area contributed by atoms with Crippen molar-refractivity contribution in [1.29, 1.82) is 0 Å². The molecule has 0 heterocycles. The van der Waals surface area contributed by atoms with Crippen LogP contribution < -0.4 is 0 Å². The highest BCUT2D eigenvalue weighted by Gasteiger charge is 2.24. The van der Waals surface area contributed by atoms with E-state index in [0.717, 1.165) is 5.56 Å². The van der Waals surface area contributed by atoms with Crippen molar-refractivity contribution in [3.8, 4) is 0 Å². The van der Waals surface area contributed by atoms with E-state index in [-0.39, 0.29) is 0 Å². The van der Waals surface area contributed by atoms with E-state index in [2.05, 4.69) is 31.2 Å². The molecule has 0 saturated carbocycles. The summed E-state index contributed by atoms with van der Waals surface area (Å²) < 4.78 is 0. The van der Waals surface area contributed by atoms with E-state index in [1.807, 2.05) is 24.3 Å². The van der Waals surface area contributed by atoms with E-state index >= 15 is 0 Å². The summed E-state index contributed by atoms with van der Waals surface area (Å²) in [7, 11) is 0. The molecule has 13 heavy (non-hydrogen) atoms. The van der Waals surface area contributed by atoms with Gasteiger partial charge in [0, 0.05) is 0 Å². The van der Waals surface area contributed by atoms with Gasteiger partial charge in [0.25, 0.3) is 0 Å². The molecule has 0 N–H and O–H groups in total. The van der Waals surface area contributed by atoms with Crippen LogP contribution in [0.25, 0.3) is 0 Å². The minimum atomic E-state index is -0.409. The van der Waals surface area contributed by atoms with Crippen LogP contribution in [0.1, 0.15) is 11.1 Å². The third kappa shape index (κ3) is 1.54. The van der Waals surface area contributed by atoms with Gasteiger partial charge in [-0.15, -0.1) is 11.6 Å². The molecule has 0 fully saturated rings. The number of alkyl halides is 1. The maximum Gasteiger partial charge on any atom is 0.106 e. The Bertz CT molecular complexity index is 345. The van der Waals surface area contributed by atoms with Crippen LogP contribution in [0.5, 0.6) is 0 Å². The molecule has 1 aliphatic carbocycles. The summed E-state index contributed by atoms with van der Waals surface area (Å²) in [5, 5.41) is 0. The van der Waals surface area contributed by atoms with Gasteiger partial charge in [-0.05, 0) is 12.5 Å². The lowest BCUT2D eigenvalue weighted by Crippen LogP contribution is -2.09. The first-order chi connectivity index (χ1) is 6.21. The summed E-state index contributed by atoms with van der Waals surface area (Å²) in [6.45, 7) is 2.07. The Morgan fingerprint density at radius 3 is 2.08 bits per heavy atom. The Hall–Kier alpha value is -1.01. The number of hydrogen-bond acceptors (Lipinski definition) is 0. The number of benzene rings is 1. The van der Waals surface area contributed by atoms with E-state index in [1.54, 1.807) is 0 Å². The highest BCUT2D eigenvalue weighted by Crippen LogP contribution is 2.35. The average Bonchev–Trinajstić information content (AvgIpc) is 2.54. The lowest BCUT2D eigenvalue weighted by Gasteiger charge is -2.17. The molecule has 0 amide bonds. The van der Waals surface area contributed by atoms with Gasteiger partial charge in [0.15, 0.2) is 0 Å². The van der Waals surface area contributed by atoms with Gasteiger partial charge in [-0.1, -0.05) is 54.1 Å². The van der Waals surface area contributed by atoms with Gasteiger partial charge in [0.1, 0.15) is 4.87 Å². The fourth-order valence-electron chi connectivity index (χ4n) is 1.45. The standard InChI is InChI=1S/C12H11Cl/c1-10-4-6-11(7-5-10)12(13)8-2-3-9-12/h2-9H,1H3. The van der Waals surface area contributed by atoms with Gasteiger partial charge in [-0.2, -0.15) is 0 Å². The minimum Gasteiger partial charge on any atom is -0.105 e. The molecule has 1 aromatic rings. The molecule has 0 unspecified atom stereocenters. The second kappa shape index (κ2) is 3.04. The second-order valence-corrected chi connectivity index (χ2v) is 3.98. The highest BCUT2D eigenvalue weighted by molar-refractivity contribution is 6.27. The number of rotatable bonds is 1. The summed E-state index contributed by atoms with van der Waals surface area (Å²) in [4.78, 5) is -0.409. The summed E-state index contributed by atoms with van der Waals surface area (Å²) in [6, 6.07) is 8.31. The topological polar surface area (TPSA) is 0 Å². The zero-order valence-corrected chi connectivity index (χ0v) is 8.25. The Morgan fingerprint density at radius 2 is 1.54 bits per heavy atom. The van der Waals surface area contributed by atoms with Crippen LogP contribution in [-0.2, 0) is 4.87 Å². The van der Waals surface area contributed by atoms with E-state index in [4.69, 9.17) is 11.6 Å². The monoisotopic (exact) mass is 190 g/mol. The molecule has 0 saturated heterocycles. The molecule has 1 heteroatoms. The SMILES string of the molecule is Cc1ccc(C2(Cl)C=CC=C2)cc1. The molecule has 66 valence electrons. The average molecular weight is 191 g/mol. The number of hydrogen-bond donors (Lipinski definition) is 0. The van der Waals surface area contributed by atoms with Crippen molar-refractivity contribution in [1.82, 2.24) is 0 Å². The predicted molar refractivity (Wildman–Crippen MR) is 57.0 cm³/mol. The molecule has 0 aliphatic heterocycles. The number of aryl methyl sites for hydroxylation is 1. The van der Waals surface area contributed by atoms with Gasteiger partial charge in [0.05, 0.1) is 0 Å². The summed E-state index contributed by atoms with van der Waals surface area (Å²) in [5.41, 5.74) is 2.39. The Morgan fingerprint density at radius 1 is 1.00 bits per heavy atom. The molecule has 0 nitrogen and oxygen atoms in total. The van der Waals surface area contributed by atoms with Gasteiger partial charge >= 0.3 is 0 Å². The van der Waals surface area contributed by atoms with Crippen molar-refractivity contribution >= 4 is 11.6 Å². The fourth-order valence-corrected chi connectivity index (χ4v) is 1.72. The first-order valence-electron chi connectivity index (χ1n) is 4.34. The molecule has 0 aromatic heterocycles. The molecule has 0 atom stereocenters. The van der Waals surface area contributed by atoms with E-state index in [1.165, 1.54) is 5.56 Å². The Kier molecular flexibility index (Phi) is 2.01. The molecule has 0 radical (unpaired) electrons. The summed E-state index contributed by atoms with van der Waals surface area (Å²) in [5.74, 6) is 0. The summed E-state index contributed by atoms with van der Waals surface area (Å²) in [6.07, 6.45) is 7.96. The van der Waals surface area contributed by atoms with Crippen LogP contribution in [0.3, 0.4) is 0 Å². The van der Waals surface area contributed by atoms with Crippen LogP contribution in [0.2, 0.25) is 0 Å². The van der Waals surface area contributed by atoms with Crippen LogP contribution >= 0.6 is 11.6 Å². The third-order valence-corrected chi connectivity index (χ3v) is 2.75. The van der Waals surface area contributed by atoms with Crippen molar-refractivity contribution in [2.24, 2.45) is 0 Å². The minimum absolute atomic E-state index is 0.409. The lowest BCUT2D eigenvalue weighted by molar-refractivity contribution is 0.989. The zero-order valence-electron chi connectivity index (χ0n) is 7.50. The van der Waals surface area contributed by atoms with Gasteiger partial charge in [0.2, 0.25) is 0 Å². The quantitative estimate of drug-likeness (QED) is 0.594. The normalized spacial score (nSPS) is 18.0. The van der Waals surface area contributed by atoms with Crippen molar-refractivity contribution in [3.63, 3.8) is 0 Å². The molecule has 1 aliphatic rings. The molecular weight excluding hydrogens is 180 g/mol. The largest absolute Gasteiger partial charge is 0.106 e. The van der Waals surface area contributed by atoms with Crippen LogP contribution in [0, 0.1) is 6.92 Å². The Balaban J connectivity index is 2.41. The zero-order chi connectivity index (χ0) is 9.31. The van der Waals surface area contributed by atoms with Gasteiger partial charge < -0.3 is 0 Å². The van der Waals surface area contributed by atoms with Crippen LogP contribution in [0.15, 0.2) is 48.6 Å². The molecule has 0 spiro atoms. The number of halogens is 1. The van der Waals surface area contributed by atoms with Crippen molar-refractivity contribution < 1.29 is 0 Å². The number of allylic oxidation sites excluding steroid dienone is 4. The maximum atomic E-state index is 6.37.